The van der Waals surface area contributed by atoms with Crippen LogP contribution in [0.4, 0.5) is 0 Å². The van der Waals surface area contributed by atoms with Gasteiger partial charge in [-0.2, -0.15) is 12.6 Å². The van der Waals surface area contributed by atoms with Crippen LogP contribution in [0.5, 0.6) is 0 Å². The second-order valence-electron chi connectivity index (χ2n) is 4.21. The summed E-state index contributed by atoms with van der Waals surface area (Å²) in [6.45, 7) is 2.19. The van der Waals surface area contributed by atoms with Gasteiger partial charge in [-0.25, -0.2) is 8.42 Å². The quantitative estimate of drug-likeness (QED) is 0.273. The van der Waals surface area contributed by atoms with E-state index in [-0.39, 0.29) is 29.6 Å². The van der Waals surface area contributed by atoms with Crippen molar-refractivity contribution in [3.05, 3.63) is 0 Å². The third-order valence-electron chi connectivity index (χ3n) is 2.64. The van der Waals surface area contributed by atoms with E-state index >= 15 is 0 Å². The van der Waals surface area contributed by atoms with Gasteiger partial charge in [0.05, 0.1) is 4.58 Å². The van der Waals surface area contributed by atoms with Gasteiger partial charge in [0, 0.05) is 0 Å². The summed E-state index contributed by atoms with van der Waals surface area (Å²) in [4.78, 5) is 0. The normalized spacial score (nSPS) is 13.1. The first-order valence-corrected chi connectivity index (χ1v) is 8.10. The summed E-state index contributed by atoms with van der Waals surface area (Å²) in [5.74, 6) is 0. The van der Waals surface area contributed by atoms with Crippen LogP contribution in [0.15, 0.2) is 0 Å². The van der Waals surface area contributed by atoms with Gasteiger partial charge in [-0.1, -0.05) is 58.3 Å². The molecule has 0 bridgehead atoms. The molecule has 0 spiro atoms. The van der Waals surface area contributed by atoms with Crippen LogP contribution in [0.1, 0.15) is 64.7 Å². The zero-order valence-corrected chi connectivity index (χ0v) is 14.7. The van der Waals surface area contributed by atoms with Gasteiger partial charge in [-0.05, 0) is 6.42 Å². The Kier molecular flexibility index (Phi) is 14.9. The van der Waals surface area contributed by atoms with Crippen molar-refractivity contribution in [3.8, 4) is 0 Å². The van der Waals surface area contributed by atoms with Crippen LogP contribution in [0.2, 0.25) is 0 Å². The maximum Gasteiger partial charge on any atom is 1.00 e. The molecule has 98 valence electrons. The number of hydrogen-bond acceptors (Lipinski definition) is 4. The zero-order chi connectivity index (χ0) is 12.4. The third-order valence-corrected chi connectivity index (χ3v) is 4.57. The summed E-state index contributed by atoms with van der Waals surface area (Å²) in [7, 11) is -4.19. The number of hydrogen-bond donors (Lipinski definition) is 1. The summed E-state index contributed by atoms with van der Waals surface area (Å²) in [5, 5.41) is 0. The molecule has 1 unspecified atom stereocenters. The van der Waals surface area contributed by atoms with Crippen molar-refractivity contribution < 1.29 is 42.5 Å². The predicted molar refractivity (Wildman–Crippen MR) is 69.7 cm³/mol. The molecule has 0 aliphatic rings. The molecule has 0 aliphatic heterocycles. The molecule has 0 fully saturated rings. The summed E-state index contributed by atoms with van der Waals surface area (Å²) in [6, 6.07) is 0. The Morgan fingerprint density at radius 2 is 1.41 bits per heavy atom. The van der Waals surface area contributed by atoms with E-state index in [9.17, 15) is 13.0 Å². The SMILES string of the molecule is CCCCCCCCCCC(S)S(=O)(=O)[O-].[Na+]. The monoisotopic (exact) mass is 290 g/mol. The Balaban J connectivity index is 0. The van der Waals surface area contributed by atoms with Gasteiger partial charge in [0.15, 0.2) is 0 Å². The van der Waals surface area contributed by atoms with Gasteiger partial charge in [0.1, 0.15) is 10.1 Å². The molecule has 0 N–H and O–H groups in total. The molecule has 0 amide bonds. The second kappa shape index (κ2) is 12.3. The summed E-state index contributed by atoms with van der Waals surface area (Å²) < 4.78 is 30.6. The van der Waals surface area contributed by atoms with Gasteiger partial charge >= 0.3 is 29.6 Å². The Morgan fingerprint density at radius 3 is 1.82 bits per heavy atom. The first-order valence-electron chi connectivity index (χ1n) is 6.11. The number of rotatable bonds is 10. The molecule has 0 radical (unpaired) electrons. The molecular formula is C11H23NaO3S2. The fourth-order valence-electron chi connectivity index (χ4n) is 1.60. The van der Waals surface area contributed by atoms with Crippen LogP contribution < -0.4 is 29.6 Å². The molecule has 6 heteroatoms. The molecule has 0 aliphatic carbocycles. The molecule has 0 saturated carbocycles. The topological polar surface area (TPSA) is 57.2 Å². The zero-order valence-electron chi connectivity index (χ0n) is 11.0. The van der Waals surface area contributed by atoms with E-state index in [2.05, 4.69) is 19.6 Å². The molecule has 0 aromatic rings. The summed E-state index contributed by atoms with van der Waals surface area (Å²) in [6.07, 6.45) is 9.60. The molecule has 0 rings (SSSR count). The standard InChI is InChI=1S/C11H24O3S2.Na/c1-2-3-4-5-6-7-8-9-10-11(15)16(12,13)14;/h11,15H,2-10H2,1H3,(H,12,13,14);/q;+1/p-1. The van der Waals surface area contributed by atoms with Crippen LogP contribution in [-0.2, 0) is 10.1 Å². The van der Waals surface area contributed by atoms with E-state index in [1.54, 1.807) is 0 Å². The maximum absolute atomic E-state index is 10.5. The minimum absolute atomic E-state index is 0. The van der Waals surface area contributed by atoms with Crippen molar-refractivity contribution >= 4 is 22.7 Å². The molecule has 0 aromatic carbocycles. The molecule has 0 aromatic heterocycles. The van der Waals surface area contributed by atoms with E-state index in [0.717, 1.165) is 19.3 Å². The van der Waals surface area contributed by atoms with E-state index in [1.807, 2.05) is 0 Å². The van der Waals surface area contributed by atoms with Gasteiger partial charge in [0.2, 0.25) is 0 Å². The molecular weight excluding hydrogens is 267 g/mol. The van der Waals surface area contributed by atoms with Crippen LogP contribution in [0.25, 0.3) is 0 Å². The molecule has 0 saturated heterocycles. The minimum Gasteiger partial charge on any atom is -0.747 e. The maximum atomic E-state index is 10.5. The average molecular weight is 290 g/mol. The van der Waals surface area contributed by atoms with E-state index < -0.39 is 14.7 Å². The second-order valence-corrected chi connectivity index (χ2v) is 6.74. The molecule has 17 heavy (non-hydrogen) atoms. The fourth-order valence-corrected chi connectivity index (χ4v) is 2.24. The van der Waals surface area contributed by atoms with Crippen molar-refractivity contribution in [3.63, 3.8) is 0 Å². The number of thiol groups is 1. The molecule has 1 atom stereocenters. The van der Waals surface area contributed by atoms with Gasteiger partial charge < -0.3 is 4.55 Å². The van der Waals surface area contributed by atoms with Crippen molar-refractivity contribution in [2.24, 2.45) is 0 Å². The van der Waals surface area contributed by atoms with Gasteiger partial charge in [-0.3, -0.25) is 0 Å². The van der Waals surface area contributed by atoms with Crippen molar-refractivity contribution in [1.29, 1.82) is 0 Å². The van der Waals surface area contributed by atoms with Crippen LogP contribution in [-0.4, -0.2) is 17.6 Å². The van der Waals surface area contributed by atoms with E-state index in [1.165, 1.54) is 32.1 Å². The Bertz CT molecular complexity index is 255. The van der Waals surface area contributed by atoms with Crippen molar-refractivity contribution in [1.82, 2.24) is 0 Å². The van der Waals surface area contributed by atoms with E-state index in [0.29, 0.717) is 6.42 Å². The first kappa shape index (κ1) is 20.6. The van der Waals surface area contributed by atoms with Crippen LogP contribution >= 0.6 is 12.6 Å². The van der Waals surface area contributed by atoms with Gasteiger partial charge in [-0.15, -0.1) is 0 Å². The van der Waals surface area contributed by atoms with Crippen molar-refractivity contribution in [2.75, 3.05) is 0 Å². The van der Waals surface area contributed by atoms with E-state index in [4.69, 9.17) is 0 Å². The summed E-state index contributed by atoms with van der Waals surface area (Å²) in [5.41, 5.74) is 0. The Morgan fingerprint density at radius 1 is 1.00 bits per heavy atom. The predicted octanol–water partition coefficient (Wildman–Crippen LogP) is 0.322. The summed E-state index contributed by atoms with van der Waals surface area (Å²) >= 11 is 3.78. The largest absolute Gasteiger partial charge is 1.00 e. The fraction of sp³-hybridized carbons (Fsp3) is 1.00. The van der Waals surface area contributed by atoms with Crippen LogP contribution in [0, 0.1) is 0 Å². The number of unbranched alkanes of at least 4 members (excludes halogenated alkanes) is 7. The van der Waals surface area contributed by atoms with Crippen LogP contribution in [0.3, 0.4) is 0 Å². The van der Waals surface area contributed by atoms with Crippen molar-refractivity contribution in [2.45, 2.75) is 69.3 Å². The minimum atomic E-state index is -4.19. The average Bonchev–Trinajstić information content (AvgIpc) is 2.20. The Labute approximate surface area is 134 Å². The van der Waals surface area contributed by atoms with Gasteiger partial charge in [0.25, 0.3) is 0 Å². The molecule has 3 nitrogen and oxygen atoms in total. The smallest absolute Gasteiger partial charge is 0.747 e. The first-order chi connectivity index (χ1) is 7.48. The Hall–Kier alpha value is 1.26. The third kappa shape index (κ3) is 13.5. The molecule has 0 heterocycles.